The predicted octanol–water partition coefficient (Wildman–Crippen LogP) is 8.74. The molecular weight excluding hydrogens is 605 g/mol. The van der Waals surface area contributed by atoms with E-state index >= 15 is 0 Å². The van der Waals surface area contributed by atoms with Gasteiger partial charge in [0.1, 0.15) is 11.6 Å². The molecule has 3 aromatic heterocycles. The fourth-order valence-corrected chi connectivity index (χ4v) is 6.07. The summed E-state index contributed by atoms with van der Waals surface area (Å²) in [6.07, 6.45) is 6.21. The van der Waals surface area contributed by atoms with Crippen molar-refractivity contribution in [1.29, 1.82) is 0 Å². The van der Waals surface area contributed by atoms with E-state index in [4.69, 9.17) is 4.74 Å². The maximum atomic E-state index is 14.3. The molecule has 0 radical (unpaired) electrons. The van der Waals surface area contributed by atoms with Crippen LogP contribution in [-0.4, -0.2) is 38.0 Å². The Kier molecular flexibility index (Phi) is 10.7. The third kappa shape index (κ3) is 7.64. The summed E-state index contributed by atoms with van der Waals surface area (Å²) in [6, 6.07) is 20.8. The van der Waals surface area contributed by atoms with E-state index < -0.39 is 17.2 Å². The van der Waals surface area contributed by atoms with E-state index in [9.17, 15) is 19.1 Å². The maximum Gasteiger partial charge on any atom is 0.309 e. The van der Waals surface area contributed by atoms with Gasteiger partial charge in [0.15, 0.2) is 5.78 Å². The van der Waals surface area contributed by atoms with Crippen LogP contribution in [0.15, 0.2) is 79.1 Å². The summed E-state index contributed by atoms with van der Waals surface area (Å²) in [4.78, 5) is 35.5. The summed E-state index contributed by atoms with van der Waals surface area (Å²) in [7, 11) is 0. The molecule has 0 amide bonds. The normalized spacial score (nSPS) is 11.7. The van der Waals surface area contributed by atoms with Crippen LogP contribution < -0.4 is 4.74 Å². The molecule has 250 valence electrons. The van der Waals surface area contributed by atoms with Gasteiger partial charge in [-0.15, -0.1) is 0 Å². The third-order valence-electron chi connectivity index (χ3n) is 9.17. The molecule has 0 unspecified atom stereocenters. The third-order valence-corrected chi connectivity index (χ3v) is 9.17. The zero-order valence-electron chi connectivity index (χ0n) is 28.4. The van der Waals surface area contributed by atoms with E-state index in [1.54, 1.807) is 19.9 Å². The first-order chi connectivity index (χ1) is 23.0. The van der Waals surface area contributed by atoms with E-state index in [0.717, 1.165) is 34.1 Å². The van der Waals surface area contributed by atoms with Crippen molar-refractivity contribution in [1.82, 2.24) is 14.5 Å². The van der Waals surface area contributed by atoms with Crippen LogP contribution in [0.1, 0.15) is 80.3 Å². The highest BCUT2D eigenvalue weighted by atomic mass is 19.1. The quantitative estimate of drug-likeness (QED) is 0.114. The fraction of sp³-hybridized carbons (Fsp3) is 0.350. The summed E-state index contributed by atoms with van der Waals surface area (Å²) < 4.78 is 21.7. The van der Waals surface area contributed by atoms with Crippen LogP contribution in [0.5, 0.6) is 5.75 Å². The van der Waals surface area contributed by atoms with E-state index in [1.165, 1.54) is 17.8 Å². The predicted molar refractivity (Wildman–Crippen MR) is 187 cm³/mol. The Hall–Kier alpha value is -4.85. The first-order valence-corrected chi connectivity index (χ1v) is 16.7. The topological polar surface area (TPSA) is 94.3 Å². The summed E-state index contributed by atoms with van der Waals surface area (Å²) in [6.45, 7) is 10.4. The largest absolute Gasteiger partial charge is 0.493 e. The molecule has 0 fully saturated rings. The number of carboxylic acid groups (broad SMARTS) is 1. The van der Waals surface area contributed by atoms with Gasteiger partial charge >= 0.3 is 5.97 Å². The molecular formula is C40H44FN3O4. The van der Waals surface area contributed by atoms with E-state index in [0.29, 0.717) is 55.1 Å². The Bertz CT molecular complexity index is 1870. The van der Waals surface area contributed by atoms with Crippen LogP contribution >= 0.6 is 0 Å². The zero-order valence-corrected chi connectivity index (χ0v) is 28.4. The molecule has 0 saturated carbocycles. The number of ether oxygens (including phenoxy) is 1. The minimum absolute atomic E-state index is 0.0232. The van der Waals surface area contributed by atoms with Crippen LogP contribution in [0.25, 0.3) is 22.2 Å². The standard InChI is InChI=1S/C40H44FN3O4/c1-6-26-11-15-31(42-23-26)19-20-48-32-16-18-35-33(21-32)37(38(45)28(7-2)8-3)36(22-40(4,5)39(46)47)44(35)25-27-9-12-29(13-10-27)34-17-14-30(41)24-43-34/h9-18,21,23-24,28H,6-8,19-20,22,25H2,1-5H3,(H,46,47). The van der Waals surface area contributed by atoms with Gasteiger partial charge in [0.05, 0.1) is 23.9 Å². The molecule has 3 heterocycles. The number of benzene rings is 2. The fourth-order valence-electron chi connectivity index (χ4n) is 6.07. The summed E-state index contributed by atoms with van der Waals surface area (Å²) in [5, 5.41) is 10.9. The Balaban J connectivity index is 1.56. The number of rotatable bonds is 15. The number of nitrogens with zero attached hydrogens (tertiary/aromatic N) is 3. The highest BCUT2D eigenvalue weighted by Gasteiger charge is 2.34. The van der Waals surface area contributed by atoms with Crippen LogP contribution in [0.4, 0.5) is 4.39 Å². The second-order valence-electron chi connectivity index (χ2n) is 13.0. The number of fused-ring (bicyclic) bond motifs is 1. The number of ketones is 1. The highest BCUT2D eigenvalue weighted by molar-refractivity contribution is 6.11. The molecule has 0 aliphatic carbocycles. The van der Waals surface area contributed by atoms with Gasteiger partial charge in [-0.3, -0.25) is 19.6 Å². The molecule has 5 rings (SSSR count). The minimum atomic E-state index is -1.12. The number of carbonyl (C=O) groups is 2. The molecule has 0 spiro atoms. The van der Waals surface area contributed by atoms with Gasteiger partial charge in [-0.05, 0) is 80.6 Å². The van der Waals surface area contributed by atoms with E-state index in [1.807, 2.05) is 68.6 Å². The SMILES string of the molecule is CCc1ccc(CCOc2ccc3c(c2)c(C(=O)C(CC)CC)c(CC(C)(C)C(=O)O)n3Cc2ccc(-c3ccc(F)cn3)cc2)nc1. The lowest BCUT2D eigenvalue weighted by Crippen LogP contribution is -2.29. The Labute approximate surface area is 281 Å². The van der Waals surface area contributed by atoms with E-state index in [-0.39, 0.29) is 18.1 Å². The van der Waals surface area contributed by atoms with Gasteiger partial charge in [-0.2, -0.15) is 0 Å². The number of carbonyl (C=O) groups excluding carboxylic acids is 1. The van der Waals surface area contributed by atoms with Crippen molar-refractivity contribution < 1.29 is 23.8 Å². The van der Waals surface area contributed by atoms with Crippen molar-refractivity contribution in [3.63, 3.8) is 0 Å². The second-order valence-corrected chi connectivity index (χ2v) is 13.0. The monoisotopic (exact) mass is 649 g/mol. The number of hydrogen-bond donors (Lipinski definition) is 1. The van der Waals surface area contributed by atoms with E-state index in [2.05, 4.69) is 27.5 Å². The lowest BCUT2D eigenvalue weighted by atomic mass is 9.84. The minimum Gasteiger partial charge on any atom is -0.493 e. The molecule has 1 N–H and O–H groups in total. The number of pyridine rings is 2. The van der Waals surface area contributed by atoms with Crippen LogP contribution in [0, 0.1) is 17.2 Å². The van der Waals surface area contributed by atoms with Gasteiger partial charge in [0.2, 0.25) is 0 Å². The smallest absolute Gasteiger partial charge is 0.309 e. The average Bonchev–Trinajstić information content (AvgIpc) is 3.37. The van der Waals surface area contributed by atoms with Gasteiger partial charge < -0.3 is 14.4 Å². The number of Topliss-reactive ketones (excluding diaryl/α,β-unsaturated/α-hetero) is 1. The number of hydrogen-bond acceptors (Lipinski definition) is 5. The zero-order chi connectivity index (χ0) is 34.4. The molecule has 0 atom stereocenters. The van der Waals surface area contributed by atoms with Crippen LogP contribution in [0.2, 0.25) is 0 Å². The Morgan fingerprint density at radius 1 is 0.917 bits per heavy atom. The van der Waals surface area contributed by atoms with Crippen molar-refractivity contribution in [2.75, 3.05) is 6.61 Å². The maximum absolute atomic E-state index is 14.3. The van der Waals surface area contributed by atoms with Crippen molar-refractivity contribution in [2.45, 2.75) is 73.3 Å². The molecule has 8 heteroatoms. The first-order valence-electron chi connectivity index (χ1n) is 16.7. The summed E-state index contributed by atoms with van der Waals surface area (Å²) >= 11 is 0. The molecule has 5 aromatic rings. The molecule has 48 heavy (non-hydrogen) atoms. The molecule has 0 bridgehead atoms. The molecule has 0 aliphatic rings. The number of carboxylic acids is 1. The number of aromatic nitrogens is 3. The van der Waals surface area contributed by atoms with Gasteiger partial charge in [0, 0.05) is 64.9 Å². The second kappa shape index (κ2) is 14.9. The van der Waals surface area contributed by atoms with Gasteiger partial charge in [-0.1, -0.05) is 51.1 Å². The molecule has 0 saturated heterocycles. The van der Waals surface area contributed by atoms with Crippen molar-refractivity contribution >= 4 is 22.7 Å². The molecule has 7 nitrogen and oxygen atoms in total. The molecule has 0 aliphatic heterocycles. The van der Waals surface area contributed by atoms with Gasteiger partial charge in [0.25, 0.3) is 0 Å². The number of aryl methyl sites for hydroxylation is 1. The number of halogens is 1. The average molecular weight is 650 g/mol. The molecule has 2 aromatic carbocycles. The number of aliphatic carboxylic acids is 1. The van der Waals surface area contributed by atoms with Crippen LogP contribution in [-0.2, 0) is 30.6 Å². The van der Waals surface area contributed by atoms with Gasteiger partial charge in [-0.25, -0.2) is 4.39 Å². The van der Waals surface area contributed by atoms with Crippen molar-refractivity contribution in [3.05, 3.63) is 113 Å². The van der Waals surface area contributed by atoms with Crippen molar-refractivity contribution in [2.24, 2.45) is 11.3 Å². The van der Waals surface area contributed by atoms with Crippen molar-refractivity contribution in [3.8, 4) is 17.0 Å². The first kappa shape index (κ1) is 34.5. The Morgan fingerprint density at radius 2 is 1.65 bits per heavy atom. The lowest BCUT2D eigenvalue weighted by Gasteiger charge is -2.23. The highest BCUT2D eigenvalue weighted by Crippen LogP contribution is 2.37. The summed E-state index contributed by atoms with van der Waals surface area (Å²) in [5.74, 6) is -0.850. The van der Waals surface area contributed by atoms with Crippen LogP contribution in [0.3, 0.4) is 0 Å². The summed E-state index contributed by atoms with van der Waals surface area (Å²) in [5.41, 5.74) is 5.62. The lowest BCUT2D eigenvalue weighted by molar-refractivity contribution is -0.146. The Morgan fingerprint density at radius 3 is 2.25 bits per heavy atom.